The van der Waals surface area contributed by atoms with Gasteiger partial charge in [0.25, 0.3) is 0 Å². The van der Waals surface area contributed by atoms with Crippen LogP contribution in [0.3, 0.4) is 0 Å². The maximum absolute atomic E-state index is 11.8. The number of hydrogen-bond acceptors (Lipinski definition) is 4. The number of sulfonamides is 1. The van der Waals surface area contributed by atoms with E-state index in [2.05, 4.69) is 15.6 Å². The molecular weight excluding hydrogens is 280 g/mol. The first kappa shape index (κ1) is 17.2. The second-order valence-corrected chi connectivity index (χ2v) is 6.96. The summed E-state index contributed by atoms with van der Waals surface area (Å²) in [6.45, 7) is 5.88. The van der Waals surface area contributed by atoms with Gasteiger partial charge in [-0.3, -0.25) is 4.99 Å². The van der Waals surface area contributed by atoms with E-state index in [0.29, 0.717) is 25.6 Å². The van der Waals surface area contributed by atoms with Crippen LogP contribution in [-0.4, -0.2) is 68.4 Å². The van der Waals surface area contributed by atoms with Crippen molar-refractivity contribution in [3.8, 4) is 0 Å². The lowest BCUT2D eigenvalue weighted by Crippen LogP contribution is -2.50. The number of guanidine groups is 1. The van der Waals surface area contributed by atoms with Gasteiger partial charge in [-0.2, -0.15) is 0 Å². The molecule has 0 unspecified atom stereocenters. The van der Waals surface area contributed by atoms with Crippen LogP contribution in [0.2, 0.25) is 0 Å². The fourth-order valence-corrected chi connectivity index (χ4v) is 3.27. The van der Waals surface area contributed by atoms with Crippen molar-refractivity contribution in [2.75, 3.05) is 38.5 Å². The molecule has 0 aromatic carbocycles. The molecule has 0 spiro atoms. The van der Waals surface area contributed by atoms with Gasteiger partial charge < -0.3 is 15.7 Å². The zero-order valence-corrected chi connectivity index (χ0v) is 13.1. The maximum atomic E-state index is 11.8. The minimum Gasteiger partial charge on any atom is -0.394 e. The summed E-state index contributed by atoms with van der Waals surface area (Å²) < 4.78 is 25.1. The van der Waals surface area contributed by atoms with Crippen LogP contribution in [-0.2, 0) is 10.0 Å². The van der Waals surface area contributed by atoms with Gasteiger partial charge >= 0.3 is 0 Å². The lowest BCUT2D eigenvalue weighted by atomic mass is 10.1. The normalized spacial score (nSPS) is 19.1. The van der Waals surface area contributed by atoms with E-state index < -0.39 is 10.0 Å². The van der Waals surface area contributed by atoms with Gasteiger partial charge in [0.15, 0.2) is 5.96 Å². The van der Waals surface area contributed by atoms with Gasteiger partial charge in [-0.15, -0.1) is 0 Å². The monoisotopic (exact) mass is 306 g/mol. The summed E-state index contributed by atoms with van der Waals surface area (Å²) in [5.41, 5.74) is 0. The average molecular weight is 306 g/mol. The summed E-state index contributed by atoms with van der Waals surface area (Å²) in [4.78, 5) is 4.22. The molecule has 3 N–H and O–H groups in total. The first-order valence-electron chi connectivity index (χ1n) is 7.17. The molecule has 0 aromatic heterocycles. The molecule has 1 heterocycles. The Labute approximate surface area is 121 Å². The molecule has 0 bridgehead atoms. The second kappa shape index (κ2) is 8.43. The Morgan fingerprint density at radius 1 is 1.35 bits per heavy atom. The summed E-state index contributed by atoms with van der Waals surface area (Å²) in [7, 11) is -3.07. The molecule has 1 rings (SSSR count). The lowest BCUT2D eigenvalue weighted by molar-refractivity contribution is 0.302. The second-order valence-electron chi connectivity index (χ2n) is 4.70. The van der Waals surface area contributed by atoms with E-state index in [1.165, 1.54) is 0 Å². The Hall–Kier alpha value is -0.860. The van der Waals surface area contributed by atoms with E-state index in [-0.39, 0.29) is 18.4 Å². The summed E-state index contributed by atoms with van der Waals surface area (Å²) in [5, 5.41) is 15.2. The third kappa shape index (κ3) is 5.26. The highest BCUT2D eigenvalue weighted by atomic mass is 32.2. The van der Waals surface area contributed by atoms with E-state index in [0.717, 1.165) is 19.4 Å². The molecule has 20 heavy (non-hydrogen) atoms. The molecule has 8 heteroatoms. The molecule has 1 fully saturated rings. The van der Waals surface area contributed by atoms with Crippen molar-refractivity contribution in [1.82, 2.24) is 14.9 Å². The van der Waals surface area contributed by atoms with Crippen molar-refractivity contribution in [3.05, 3.63) is 0 Å². The Kier molecular flexibility index (Phi) is 7.25. The quantitative estimate of drug-likeness (QED) is 0.448. The number of aliphatic hydroxyl groups is 1. The fraction of sp³-hybridized carbons (Fsp3) is 0.917. The third-order valence-electron chi connectivity index (χ3n) is 3.27. The summed E-state index contributed by atoms with van der Waals surface area (Å²) in [5.74, 6) is 0.837. The number of nitrogens with zero attached hydrogens (tertiary/aromatic N) is 2. The Bertz CT molecular complexity index is 403. The minimum absolute atomic E-state index is 0.0176. The van der Waals surface area contributed by atoms with E-state index >= 15 is 0 Å². The highest BCUT2D eigenvalue weighted by Gasteiger charge is 2.26. The largest absolute Gasteiger partial charge is 0.394 e. The first-order chi connectivity index (χ1) is 9.53. The maximum Gasteiger partial charge on any atom is 0.213 e. The Balaban J connectivity index is 2.48. The van der Waals surface area contributed by atoms with Crippen molar-refractivity contribution in [3.63, 3.8) is 0 Å². The summed E-state index contributed by atoms with van der Waals surface area (Å²) in [6.07, 6.45) is 1.53. The van der Waals surface area contributed by atoms with E-state index in [4.69, 9.17) is 5.11 Å². The molecule has 0 amide bonds. The number of aliphatic hydroxyl groups excluding tert-OH is 1. The highest BCUT2D eigenvalue weighted by molar-refractivity contribution is 7.89. The van der Waals surface area contributed by atoms with Crippen LogP contribution in [0.25, 0.3) is 0 Å². The Morgan fingerprint density at radius 2 is 2.00 bits per heavy atom. The zero-order chi connectivity index (χ0) is 15.0. The van der Waals surface area contributed by atoms with Gasteiger partial charge in [0, 0.05) is 25.7 Å². The van der Waals surface area contributed by atoms with Crippen LogP contribution in [0.1, 0.15) is 26.7 Å². The van der Waals surface area contributed by atoms with E-state index in [1.807, 2.05) is 6.92 Å². The molecule has 7 nitrogen and oxygen atoms in total. The van der Waals surface area contributed by atoms with Gasteiger partial charge in [-0.1, -0.05) is 0 Å². The van der Waals surface area contributed by atoms with Crippen LogP contribution in [0.15, 0.2) is 4.99 Å². The number of nitrogens with one attached hydrogen (secondary N) is 2. The van der Waals surface area contributed by atoms with Crippen LogP contribution >= 0.6 is 0 Å². The standard InChI is InChI=1S/C12H26N4O3S/c1-3-13-12(14-7-10-17)15-11-5-8-16(9-6-11)20(18,19)4-2/h11,17H,3-10H2,1-2H3,(H2,13,14,15). The summed E-state index contributed by atoms with van der Waals surface area (Å²) in [6, 6.07) is 0.217. The molecule has 0 aliphatic carbocycles. The van der Waals surface area contributed by atoms with Gasteiger partial charge in [-0.05, 0) is 26.7 Å². The SMILES string of the molecule is CCNC(=NCCO)NC1CCN(S(=O)(=O)CC)CC1. The molecular formula is C12H26N4O3S. The van der Waals surface area contributed by atoms with Crippen molar-refractivity contribution in [2.24, 2.45) is 4.99 Å². The third-order valence-corrected chi connectivity index (χ3v) is 5.15. The van der Waals surface area contributed by atoms with Gasteiger partial charge in [0.2, 0.25) is 10.0 Å². The van der Waals surface area contributed by atoms with E-state index in [9.17, 15) is 8.42 Å². The molecule has 1 saturated heterocycles. The van der Waals surface area contributed by atoms with Crippen molar-refractivity contribution in [2.45, 2.75) is 32.7 Å². The fourth-order valence-electron chi connectivity index (χ4n) is 2.14. The number of hydrogen-bond donors (Lipinski definition) is 3. The first-order valence-corrected chi connectivity index (χ1v) is 8.78. The van der Waals surface area contributed by atoms with Crippen molar-refractivity contribution in [1.29, 1.82) is 0 Å². The number of rotatable bonds is 6. The molecule has 1 aliphatic rings. The smallest absolute Gasteiger partial charge is 0.213 e. The predicted octanol–water partition coefficient (Wildman–Crippen LogP) is -0.652. The van der Waals surface area contributed by atoms with Gasteiger partial charge in [-0.25, -0.2) is 12.7 Å². The Morgan fingerprint density at radius 3 is 2.50 bits per heavy atom. The van der Waals surface area contributed by atoms with Crippen LogP contribution in [0.5, 0.6) is 0 Å². The van der Waals surface area contributed by atoms with Gasteiger partial charge in [0.05, 0.1) is 18.9 Å². The van der Waals surface area contributed by atoms with Crippen molar-refractivity contribution >= 4 is 16.0 Å². The van der Waals surface area contributed by atoms with Crippen LogP contribution in [0, 0.1) is 0 Å². The lowest BCUT2D eigenvalue weighted by Gasteiger charge is -2.32. The van der Waals surface area contributed by atoms with Crippen LogP contribution < -0.4 is 10.6 Å². The molecule has 1 aliphatic heterocycles. The minimum atomic E-state index is -3.07. The summed E-state index contributed by atoms with van der Waals surface area (Å²) >= 11 is 0. The van der Waals surface area contributed by atoms with E-state index in [1.54, 1.807) is 11.2 Å². The van der Waals surface area contributed by atoms with Gasteiger partial charge in [0.1, 0.15) is 0 Å². The molecule has 0 radical (unpaired) electrons. The number of aliphatic imine (C=N–C) groups is 1. The zero-order valence-electron chi connectivity index (χ0n) is 12.3. The average Bonchev–Trinajstić information content (AvgIpc) is 2.45. The molecule has 0 saturated carbocycles. The molecule has 0 atom stereocenters. The van der Waals surface area contributed by atoms with Crippen LogP contribution in [0.4, 0.5) is 0 Å². The topological polar surface area (TPSA) is 94.0 Å². The molecule has 0 aromatic rings. The highest BCUT2D eigenvalue weighted by Crippen LogP contribution is 2.14. The van der Waals surface area contributed by atoms with Crippen molar-refractivity contribution < 1.29 is 13.5 Å². The predicted molar refractivity (Wildman–Crippen MR) is 80.3 cm³/mol. The number of piperidine rings is 1. The molecule has 118 valence electrons.